The van der Waals surface area contributed by atoms with Crippen LogP contribution in [0.2, 0.25) is 0 Å². The molecule has 0 radical (unpaired) electrons. The molecule has 2 amide bonds. The van der Waals surface area contributed by atoms with Crippen molar-refractivity contribution in [2.24, 2.45) is 5.92 Å². The number of aromatic nitrogens is 2. The number of nitrogens with zero attached hydrogens (tertiary/aromatic N) is 5. The van der Waals surface area contributed by atoms with Crippen LogP contribution >= 0.6 is 0 Å². The highest BCUT2D eigenvalue weighted by atomic mass is 16.6. The molecule has 0 bridgehead atoms. The van der Waals surface area contributed by atoms with E-state index in [0.717, 1.165) is 38.3 Å². The zero-order valence-electron chi connectivity index (χ0n) is 22.1. The van der Waals surface area contributed by atoms with Crippen molar-refractivity contribution in [1.82, 2.24) is 19.8 Å². The first-order chi connectivity index (χ1) is 18.3. The van der Waals surface area contributed by atoms with Crippen LogP contribution < -0.4 is 10.2 Å². The minimum Gasteiger partial charge on any atom is -0.459 e. The summed E-state index contributed by atoms with van der Waals surface area (Å²) in [5.41, 5.74) is 3.40. The van der Waals surface area contributed by atoms with E-state index in [1.165, 1.54) is 11.6 Å². The molecule has 0 aliphatic carbocycles. The number of hydrogen-bond acceptors (Lipinski definition) is 8. The van der Waals surface area contributed by atoms with Crippen molar-refractivity contribution in [2.75, 3.05) is 43.0 Å². The summed E-state index contributed by atoms with van der Waals surface area (Å²) < 4.78 is 11.0. The maximum atomic E-state index is 12.6. The standard InChI is InChI=1S/C28H34N6O4/c1-5-24(35)33-13-11-32(12-14-33)16-20-6-8-21(9-7-20)19(4)29-27-30-22-10-15-37-25(22)26(31-27)34-23(18(2)3)17-38-28(34)36/h5-10,15,18-19,23H,1,11-14,16-17H2,2-4H3,(H,29,30,31)/t19-,23+/m0/s1. The lowest BCUT2D eigenvalue weighted by molar-refractivity contribution is -0.127. The highest BCUT2D eigenvalue weighted by Crippen LogP contribution is 2.33. The van der Waals surface area contributed by atoms with Gasteiger partial charge in [-0.2, -0.15) is 4.98 Å². The maximum absolute atomic E-state index is 12.6. The van der Waals surface area contributed by atoms with Crippen LogP contribution in [0.1, 0.15) is 37.9 Å². The molecule has 2 aromatic heterocycles. The number of benzene rings is 1. The molecule has 2 saturated heterocycles. The van der Waals surface area contributed by atoms with Gasteiger partial charge in [-0.3, -0.25) is 14.6 Å². The van der Waals surface area contributed by atoms with Gasteiger partial charge < -0.3 is 19.4 Å². The fourth-order valence-corrected chi connectivity index (χ4v) is 4.95. The summed E-state index contributed by atoms with van der Waals surface area (Å²) in [5.74, 6) is 1.02. The molecule has 38 heavy (non-hydrogen) atoms. The first kappa shape index (κ1) is 25.7. The summed E-state index contributed by atoms with van der Waals surface area (Å²) in [7, 11) is 0. The van der Waals surface area contributed by atoms with Crippen LogP contribution in [-0.4, -0.2) is 70.6 Å². The molecule has 1 aromatic carbocycles. The number of furan rings is 1. The number of carbonyl (C=O) groups excluding carboxylic acids is 2. The van der Waals surface area contributed by atoms with Crippen molar-refractivity contribution in [3.63, 3.8) is 0 Å². The van der Waals surface area contributed by atoms with Gasteiger partial charge in [-0.05, 0) is 30.0 Å². The quantitative estimate of drug-likeness (QED) is 0.443. The lowest BCUT2D eigenvalue weighted by Crippen LogP contribution is -2.47. The summed E-state index contributed by atoms with van der Waals surface area (Å²) in [4.78, 5) is 39.5. The summed E-state index contributed by atoms with van der Waals surface area (Å²) in [5, 5.41) is 3.39. The number of cyclic esters (lactones) is 1. The van der Waals surface area contributed by atoms with Gasteiger partial charge in [0.1, 0.15) is 12.1 Å². The number of hydrogen-bond donors (Lipinski definition) is 1. The number of amides is 2. The zero-order chi connectivity index (χ0) is 26.8. The van der Waals surface area contributed by atoms with Crippen molar-refractivity contribution in [2.45, 2.75) is 39.4 Å². The third-order valence-corrected chi connectivity index (χ3v) is 7.28. The van der Waals surface area contributed by atoms with Crippen molar-refractivity contribution >= 4 is 34.9 Å². The van der Waals surface area contributed by atoms with E-state index in [9.17, 15) is 9.59 Å². The number of piperazine rings is 1. The van der Waals surface area contributed by atoms with E-state index in [4.69, 9.17) is 14.1 Å². The normalized spacial score (nSPS) is 19.2. The number of anilines is 2. The largest absolute Gasteiger partial charge is 0.459 e. The molecule has 2 aliphatic rings. The van der Waals surface area contributed by atoms with Gasteiger partial charge in [-0.1, -0.05) is 44.7 Å². The number of rotatable bonds is 8. The van der Waals surface area contributed by atoms with E-state index in [2.05, 4.69) is 66.8 Å². The minimum atomic E-state index is -0.427. The third kappa shape index (κ3) is 5.22. The third-order valence-electron chi connectivity index (χ3n) is 7.28. The highest BCUT2D eigenvalue weighted by Gasteiger charge is 2.39. The van der Waals surface area contributed by atoms with Gasteiger partial charge in [-0.15, -0.1) is 0 Å². The van der Waals surface area contributed by atoms with Gasteiger partial charge in [0, 0.05) is 38.8 Å². The van der Waals surface area contributed by atoms with Crippen molar-refractivity contribution in [3.05, 3.63) is 60.4 Å². The number of fused-ring (bicyclic) bond motifs is 1. The Bertz CT molecular complexity index is 1310. The van der Waals surface area contributed by atoms with Crippen molar-refractivity contribution < 1.29 is 18.7 Å². The molecule has 2 atom stereocenters. The lowest BCUT2D eigenvalue weighted by atomic mass is 10.0. The second-order valence-corrected chi connectivity index (χ2v) is 10.2. The van der Waals surface area contributed by atoms with Crippen molar-refractivity contribution in [3.8, 4) is 0 Å². The Morgan fingerprint density at radius 3 is 2.55 bits per heavy atom. The predicted octanol–water partition coefficient (Wildman–Crippen LogP) is 4.21. The average molecular weight is 519 g/mol. The fourth-order valence-electron chi connectivity index (χ4n) is 4.95. The molecule has 4 heterocycles. The first-order valence-electron chi connectivity index (χ1n) is 13.0. The van der Waals surface area contributed by atoms with E-state index >= 15 is 0 Å². The Morgan fingerprint density at radius 1 is 1.13 bits per heavy atom. The number of ether oxygens (including phenoxy) is 1. The molecule has 10 heteroatoms. The summed E-state index contributed by atoms with van der Waals surface area (Å²) in [6.07, 6.45) is 2.51. The Balaban J connectivity index is 1.27. The molecule has 5 rings (SSSR count). The smallest absolute Gasteiger partial charge is 0.416 e. The molecular weight excluding hydrogens is 484 g/mol. The lowest BCUT2D eigenvalue weighted by Gasteiger charge is -2.34. The van der Waals surface area contributed by atoms with E-state index in [1.807, 2.05) is 4.90 Å². The van der Waals surface area contributed by atoms with E-state index in [1.54, 1.807) is 17.2 Å². The van der Waals surface area contributed by atoms with Crippen LogP contribution in [0.3, 0.4) is 0 Å². The molecule has 0 spiro atoms. The Labute approximate surface area is 222 Å². The topological polar surface area (TPSA) is 104 Å². The van der Waals surface area contributed by atoms with Crippen LogP contribution in [0.4, 0.5) is 16.6 Å². The summed E-state index contributed by atoms with van der Waals surface area (Å²) >= 11 is 0. The molecular formula is C28H34N6O4. The van der Waals surface area contributed by atoms with Crippen LogP contribution in [0.5, 0.6) is 0 Å². The summed E-state index contributed by atoms with van der Waals surface area (Å²) in [6.45, 7) is 14.0. The summed E-state index contributed by atoms with van der Waals surface area (Å²) in [6, 6.07) is 10.0. The average Bonchev–Trinajstić information content (AvgIpc) is 3.55. The molecule has 3 aromatic rings. The van der Waals surface area contributed by atoms with E-state index in [0.29, 0.717) is 29.5 Å². The molecule has 2 aliphatic heterocycles. The molecule has 1 N–H and O–H groups in total. The first-order valence-corrected chi connectivity index (χ1v) is 13.0. The maximum Gasteiger partial charge on any atom is 0.416 e. The van der Waals surface area contributed by atoms with E-state index < -0.39 is 6.09 Å². The van der Waals surface area contributed by atoms with Crippen LogP contribution in [-0.2, 0) is 16.1 Å². The highest BCUT2D eigenvalue weighted by molar-refractivity contribution is 5.97. The van der Waals surface area contributed by atoms with Crippen molar-refractivity contribution in [1.29, 1.82) is 0 Å². The van der Waals surface area contributed by atoms with Gasteiger partial charge in [0.2, 0.25) is 11.9 Å². The molecule has 10 nitrogen and oxygen atoms in total. The minimum absolute atomic E-state index is 0.00129. The van der Waals surface area contributed by atoms with Crippen LogP contribution in [0.15, 0.2) is 53.7 Å². The second-order valence-electron chi connectivity index (χ2n) is 10.2. The molecule has 0 saturated carbocycles. The molecule has 2 fully saturated rings. The second kappa shape index (κ2) is 10.8. The number of nitrogens with one attached hydrogen (secondary N) is 1. The van der Waals surface area contributed by atoms with Crippen LogP contribution in [0.25, 0.3) is 11.1 Å². The van der Waals surface area contributed by atoms with E-state index in [-0.39, 0.29) is 23.9 Å². The Kier molecular flexibility index (Phi) is 7.33. The monoisotopic (exact) mass is 518 g/mol. The van der Waals surface area contributed by atoms with Crippen LogP contribution in [0, 0.1) is 5.92 Å². The SMILES string of the molecule is C=CC(=O)N1CCN(Cc2ccc([C@H](C)Nc3nc(N4C(=O)OC[C@@H]4C(C)C)c4occc4n3)cc2)CC1. The Morgan fingerprint density at radius 2 is 1.87 bits per heavy atom. The number of carbonyl (C=O) groups is 2. The Hall–Kier alpha value is -3.92. The molecule has 0 unspecified atom stereocenters. The van der Waals surface area contributed by atoms with Gasteiger partial charge in [0.25, 0.3) is 0 Å². The zero-order valence-corrected chi connectivity index (χ0v) is 22.1. The van der Waals surface area contributed by atoms with Gasteiger partial charge >= 0.3 is 6.09 Å². The molecule has 200 valence electrons. The van der Waals surface area contributed by atoms with Gasteiger partial charge in [0.15, 0.2) is 11.4 Å². The van der Waals surface area contributed by atoms with Gasteiger partial charge in [-0.25, -0.2) is 9.78 Å². The fraction of sp³-hybridized carbons (Fsp3) is 0.429. The van der Waals surface area contributed by atoms with Gasteiger partial charge in [0.05, 0.1) is 18.3 Å². The predicted molar refractivity (Wildman–Crippen MR) is 145 cm³/mol.